The zero-order chi connectivity index (χ0) is 15.1. The van der Waals surface area contributed by atoms with E-state index < -0.39 is 0 Å². The molecule has 1 aromatic carbocycles. The van der Waals surface area contributed by atoms with E-state index in [9.17, 15) is 0 Å². The Morgan fingerprint density at radius 3 is 2.38 bits per heavy atom. The predicted octanol–water partition coefficient (Wildman–Crippen LogP) is 3.24. The van der Waals surface area contributed by atoms with Crippen molar-refractivity contribution in [2.24, 2.45) is 11.1 Å². The number of nitrogens with zero attached hydrogens (tertiary/aromatic N) is 2. The zero-order valence-corrected chi connectivity index (χ0v) is 13.7. The largest absolute Gasteiger partial charge is 0.371 e. The lowest BCUT2D eigenvalue weighted by atomic mass is 9.62. The summed E-state index contributed by atoms with van der Waals surface area (Å²) < 4.78 is 0. The van der Waals surface area contributed by atoms with Gasteiger partial charge in [0, 0.05) is 26.7 Å². The number of likely N-dealkylation sites (N-methyl/N-ethyl adjacent to an activating group) is 1. The van der Waals surface area contributed by atoms with Crippen molar-refractivity contribution in [3.63, 3.8) is 0 Å². The average Bonchev–Trinajstić information content (AvgIpc) is 2.48. The van der Waals surface area contributed by atoms with E-state index in [0.717, 1.165) is 19.6 Å². The molecule has 0 amide bonds. The van der Waals surface area contributed by atoms with Crippen LogP contribution in [0.1, 0.15) is 39.5 Å². The van der Waals surface area contributed by atoms with Gasteiger partial charge in [-0.2, -0.15) is 0 Å². The van der Waals surface area contributed by atoms with Gasteiger partial charge in [-0.1, -0.05) is 38.8 Å². The van der Waals surface area contributed by atoms with Crippen LogP contribution >= 0.6 is 0 Å². The van der Waals surface area contributed by atoms with Gasteiger partial charge in [0.25, 0.3) is 0 Å². The Bertz CT molecular complexity index is 511. The van der Waals surface area contributed by atoms with Crippen LogP contribution in [0.2, 0.25) is 0 Å². The zero-order valence-electron chi connectivity index (χ0n) is 13.7. The van der Waals surface area contributed by atoms with E-state index in [4.69, 9.17) is 5.73 Å². The highest BCUT2D eigenvalue weighted by Crippen LogP contribution is 2.50. The lowest BCUT2D eigenvalue weighted by Crippen LogP contribution is -2.66. The van der Waals surface area contributed by atoms with Crippen LogP contribution in [0.25, 0.3) is 0 Å². The summed E-state index contributed by atoms with van der Waals surface area (Å²) in [5.74, 6) is 0. The van der Waals surface area contributed by atoms with Crippen LogP contribution in [-0.2, 0) is 0 Å². The molecule has 3 rings (SSSR count). The third-order valence-electron chi connectivity index (χ3n) is 6.00. The summed E-state index contributed by atoms with van der Waals surface area (Å²) in [6.45, 7) is 7.74. The first-order valence-electron chi connectivity index (χ1n) is 8.30. The molecular weight excluding hydrogens is 258 g/mol. The molecule has 116 valence electrons. The van der Waals surface area contributed by atoms with Crippen molar-refractivity contribution < 1.29 is 0 Å². The van der Waals surface area contributed by atoms with Gasteiger partial charge in [0.15, 0.2) is 0 Å². The van der Waals surface area contributed by atoms with Gasteiger partial charge in [-0.15, -0.1) is 0 Å². The molecule has 0 bridgehead atoms. The second-order valence-electron chi connectivity index (χ2n) is 7.39. The van der Waals surface area contributed by atoms with Gasteiger partial charge in [-0.3, -0.25) is 0 Å². The summed E-state index contributed by atoms with van der Waals surface area (Å²) in [7, 11) is 2.19. The second-order valence-corrected chi connectivity index (χ2v) is 7.39. The molecule has 0 spiro atoms. The molecule has 1 saturated carbocycles. The summed E-state index contributed by atoms with van der Waals surface area (Å²) >= 11 is 0. The van der Waals surface area contributed by atoms with Crippen LogP contribution in [-0.4, -0.2) is 32.2 Å². The fourth-order valence-electron chi connectivity index (χ4n) is 4.49. The average molecular weight is 287 g/mol. The van der Waals surface area contributed by atoms with Crippen molar-refractivity contribution in [2.45, 2.75) is 45.1 Å². The third kappa shape index (κ3) is 2.13. The molecule has 3 nitrogen and oxygen atoms in total. The van der Waals surface area contributed by atoms with Crippen LogP contribution in [0, 0.1) is 5.41 Å². The van der Waals surface area contributed by atoms with Crippen LogP contribution in [0.3, 0.4) is 0 Å². The van der Waals surface area contributed by atoms with Crippen LogP contribution in [0.4, 0.5) is 11.4 Å². The minimum absolute atomic E-state index is 0.0998. The van der Waals surface area contributed by atoms with E-state index in [1.807, 2.05) is 0 Å². The van der Waals surface area contributed by atoms with Crippen LogP contribution in [0.5, 0.6) is 0 Å². The second kappa shape index (κ2) is 5.20. The highest BCUT2D eigenvalue weighted by atomic mass is 15.3. The first-order valence-corrected chi connectivity index (χ1v) is 8.30. The van der Waals surface area contributed by atoms with E-state index >= 15 is 0 Å². The third-order valence-corrected chi connectivity index (χ3v) is 6.00. The number of para-hydroxylation sites is 2. The van der Waals surface area contributed by atoms with Crippen molar-refractivity contribution in [3.05, 3.63) is 24.3 Å². The Morgan fingerprint density at radius 1 is 1.05 bits per heavy atom. The van der Waals surface area contributed by atoms with Crippen LogP contribution in [0.15, 0.2) is 24.3 Å². The molecule has 3 heteroatoms. The molecule has 1 fully saturated rings. The molecule has 21 heavy (non-hydrogen) atoms. The van der Waals surface area contributed by atoms with Gasteiger partial charge in [-0.05, 0) is 30.4 Å². The van der Waals surface area contributed by atoms with Gasteiger partial charge >= 0.3 is 0 Å². The molecule has 1 atom stereocenters. The number of fused-ring (bicyclic) bond motifs is 1. The molecule has 2 aliphatic rings. The molecule has 1 aliphatic carbocycles. The molecule has 1 unspecified atom stereocenters. The maximum Gasteiger partial charge on any atom is 0.0609 e. The molecule has 1 heterocycles. The predicted molar refractivity (Wildman–Crippen MR) is 91.1 cm³/mol. The van der Waals surface area contributed by atoms with Crippen molar-refractivity contribution in [3.8, 4) is 0 Å². The lowest BCUT2D eigenvalue weighted by molar-refractivity contribution is 0.0958. The number of hydrogen-bond donors (Lipinski definition) is 1. The Balaban J connectivity index is 2.08. The van der Waals surface area contributed by atoms with Gasteiger partial charge in [0.1, 0.15) is 0 Å². The number of hydrogen-bond acceptors (Lipinski definition) is 3. The maximum absolute atomic E-state index is 6.38. The molecular formula is C18H29N3. The first kappa shape index (κ1) is 14.7. The van der Waals surface area contributed by atoms with Crippen molar-refractivity contribution in [2.75, 3.05) is 36.5 Å². The topological polar surface area (TPSA) is 32.5 Å². The molecule has 0 aromatic heterocycles. The summed E-state index contributed by atoms with van der Waals surface area (Å²) in [6, 6.07) is 8.81. The monoisotopic (exact) mass is 287 g/mol. The highest BCUT2D eigenvalue weighted by Gasteiger charge is 2.50. The van der Waals surface area contributed by atoms with Gasteiger partial charge in [-0.25, -0.2) is 0 Å². The number of anilines is 2. The van der Waals surface area contributed by atoms with E-state index in [1.54, 1.807) is 0 Å². The van der Waals surface area contributed by atoms with Gasteiger partial charge < -0.3 is 15.5 Å². The standard InChI is InChI=1S/C18H29N3/c1-17(2)10-6-7-11-18(17,14-19)21-13-12-20(3)15-8-4-5-9-16(15)21/h4-5,8-9H,6-7,10-14,19H2,1-3H3. The Kier molecular flexibility index (Phi) is 3.64. The molecule has 0 radical (unpaired) electrons. The molecule has 1 aliphatic heterocycles. The van der Waals surface area contributed by atoms with Gasteiger partial charge in [0.2, 0.25) is 0 Å². The Hall–Kier alpha value is -1.22. The molecule has 1 aromatic rings. The summed E-state index contributed by atoms with van der Waals surface area (Å²) in [6.07, 6.45) is 5.13. The lowest BCUT2D eigenvalue weighted by Gasteiger charge is -2.58. The minimum Gasteiger partial charge on any atom is -0.371 e. The van der Waals surface area contributed by atoms with Crippen LogP contribution < -0.4 is 15.5 Å². The maximum atomic E-state index is 6.38. The fraction of sp³-hybridized carbons (Fsp3) is 0.667. The quantitative estimate of drug-likeness (QED) is 0.906. The fourth-order valence-corrected chi connectivity index (χ4v) is 4.49. The first-order chi connectivity index (χ1) is 10.0. The summed E-state index contributed by atoms with van der Waals surface area (Å²) in [4.78, 5) is 5.01. The Morgan fingerprint density at radius 2 is 1.71 bits per heavy atom. The summed E-state index contributed by atoms with van der Waals surface area (Å²) in [5, 5.41) is 0. The Labute approximate surface area is 129 Å². The summed E-state index contributed by atoms with van der Waals surface area (Å²) in [5.41, 5.74) is 9.46. The minimum atomic E-state index is 0.0998. The SMILES string of the molecule is CN1CCN(C2(CN)CCCCC2(C)C)c2ccccc21. The molecule has 2 N–H and O–H groups in total. The van der Waals surface area contributed by atoms with Crippen molar-refractivity contribution in [1.82, 2.24) is 0 Å². The van der Waals surface area contributed by atoms with E-state index in [-0.39, 0.29) is 11.0 Å². The van der Waals surface area contributed by atoms with Gasteiger partial charge in [0.05, 0.1) is 16.9 Å². The number of rotatable bonds is 2. The number of benzene rings is 1. The van der Waals surface area contributed by atoms with E-state index in [2.05, 4.69) is 55.0 Å². The van der Waals surface area contributed by atoms with E-state index in [0.29, 0.717) is 0 Å². The molecule has 0 saturated heterocycles. The van der Waals surface area contributed by atoms with Crippen molar-refractivity contribution in [1.29, 1.82) is 0 Å². The van der Waals surface area contributed by atoms with E-state index in [1.165, 1.54) is 37.1 Å². The van der Waals surface area contributed by atoms with Crippen molar-refractivity contribution >= 4 is 11.4 Å². The normalized spacial score (nSPS) is 28.4. The highest BCUT2D eigenvalue weighted by molar-refractivity contribution is 5.74. The number of nitrogens with two attached hydrogens (primary N) is 1. The smallest absolute Gasteiger partial charge is 0.0609 e.